The average molecular weight is 266 g/mol. The van der Waals surface area contributed by atoms with Gasteiger partial charge >= 0.3 is 0 Å². The second-order valence-electron chi connectivity index (χ2n) is 3.99. The Labute approximate surface area is 110 Å². The van der Waals surface area contributed by atoms with Gasteiger partial charge in [0.05, 0.1) is 12.2 Å². The highest BCUT2D eigenvalue weighted by Crippen LogP contribution is 2.19. The van der Waals surface area contributed by atoms with Crippen LogP contribution in [0.5, 0.6) is 0 Å². The molecule has 3 N–H and O–H groups in total. The molecule has 0 saturated carbocycles. The molecular weight excluding hydrogens is 253 g/mol. The van der Waals surface area contributed by atoms with Crippen molar-refractivity contribution in [3.05, 3.63) is 64.7 Å². The van der Waals surface area contributed by atoms with E-state index in [1.165, 1.54) is 12.3 Å². The van der Waals surface area contributed by atoms with Crippen molar-refractivity contribution in [2.45, 2.75) is 12.5 Å². The molecule has 0 amide bonds. The van der Waals surface area contributed by atoms with Gasteiger partial charge in [-0.1, -0.05) is 23.7 Å². The van der Waals surface area contributed by atoms with Crippen molar-refractivity contribution in [1.82, 2.24) is 10.4 Å². The summed E-state index contributed by atoms with van der Waals surface area (Å²) in [4.78, 5) is 3.82. The Morgan fingerprint density at radius 1 is 1.28 bits per heavy atom. The van der Waals surface area contributed by atoms with Crippen molar-refractivity contribution in [1.29, 1.82) is 0 Å². The summed E-state index contributed by atoms with van der Waals surface area (Å²) in [6.45, 7) is 0. The van der Waals surface area contributed by atoms with Crippen LogP contribution in [0.25, 0.3) is 0 Å². The topological polar surface area (TPSA) is 50.9 Å². The molecule has 0 bridgehead atoms. The molecule has 0 spiro atoms. The molecule has 0 aliphatic rings. The summed E-state index contributed by atoms with van der Waals surface area (Å²) >= 11 is 5.82. The smallest absolute Gasteiger partial charge is 0.141 e. The quantitative estimate of drug-likeness (QED) is 0.660. The van der Waals surface area contributed by atoms with Gasteiger partial charge in [-0.2, -0.15) is 0 Å². The highest BCUT2D eigenvalue weighted by molar-refractivity contribution is 6.30. The predicted octanol–water partition coefficient (Wildman–Crippen LogP) is 2.62. The van der Waals surface area contributed by atoms with Gasteiger partial charge in [0.1, 0.15) is 5.82 Å². The number of pyridine rings is 1. The van der Waals surface area contributed by atoms with Crippen LogP contribution < -0.4 is 11.3 Å². The summed E-state index contributed by atoms with van der Waals surface area (Å²) in [6, 6.07) is 8.70. The van der Waals surface area contributed by atoms with Gasteiger partial charge in [0.25, 0.3) is 0 Å². The van der Waals surface area contributed by atoms with Gasteiger partial charge in [0, 0.05) is 11.2 Å². The third-order valence-electron chi connectivity index (χ3n) is 2.68. The number of aromatic nitrogens is 1. The summed E-state index contributed by atoms with van der Waals surface area (Å²) in [5.41, 5.74) is 4.45. The van der Waals surface area contributed by atoms with E-state index in [1.807, 2.05) is 24.3 Å². The molecule has 0 aliphatic heterocycles. The van der Waals surface area contributed by atoms with Gasteiger partial charge in [0.2, 0.25) is 0 Å². The lowest BCUT2D eigenvalue weighted by Crippen LogP contribution is -2.29. The number of hydrogen-bond donors (Lipinski definition) is 2. The van der Waals surface area contributed by atoms with Gasteiger partial charge in [-0.25, -0.2) is 4.39 Å². The second-order valence-corrected chi connectivity index (χ2v) is 4.42. The first-order chi connectivity index (χ1) is 8.69. The van der Waals surface area contributed by atoms with Crippen molar-refractivity contribution in [3.63, 3.8) is 0 Å². The molecule has 0 aliphatic carbocycles. The minimum Gasteiger partial charge on any atom is -0.271 e. The van der Waals surface area contributed by atoms with E-state index >= 15 is 0 Å². The first-order valence-corrected chi connectivity index (χ1v) is 5.88. The zero-order chi connectivity index (χ0) is 13.0. The summed E-state index contributed by atoms with van der Waals surface area (Å²) < 4.78 is 13.1. The molecule has 2 aromatic rings. The van der Waals surface area contributed by atoms with E-state index in [2.05, 4.69) is 10.4 Å². The van der Waals surface area contributed by atoms with E-state index in [1.54, 1.807) is 6.20 Å². The standard InChI is InChI=1S/C13H13ClFN3/c14-11-3-1-9(2-4-11)5-13(18-16)10-6-12(15)8-17-7-10/h1-4,6-8,13,18H,5,16H2. The summed E-state index contributed by atoms with van der Waals surface area (Å²) in [5, 5.41) is 0.684. The first-order valence-electron chi connectivity index (χ1n) is 5.50. The minimum atomic E-state index is -0.371. The number of halogens is 2. The Morgan fingerprint density at radius 2 is 2.00 bits per heavy atom. The number of nitrogens with zero attached hydrogens (tertiary/aromatic N) is 1. The first kappa shape index (κ1) is 13.0. The van der Waals surface area contributed by atoms with Gasteiger partial charge in [-0.05, 0) is 35.7 Å². The van der Waals surface area contributed by atoms with E-state index in [0.29, 0.717) is 17.0 Å². The van der Waals surface area contributed by atoms with Crippen LogP contribution in [0, 0.1) is 5.82 Å². The fourth-order valence-corrected chi connectivity index (χ4v) is 1.87. The van der Waals surface area contributed by atoms with Gasteiger partial charge in [-0.15, -0.1) is 0 Å². The van der Waals surface area contributed by atoms with Crippen LogP contribution in [0.15, 0.2) is 42.7 Å². The Balaban J connectivity index is 2.17. The number of benzene rings is 1. The van der Waals surface area contributed by atoms with Gasteiger partial charge in [0.15, 0.2) is 0 Å². The molecule has 0 saturated heterocycles. The van der Waals surface area contributed by atoms with Crippen molar-refractivity contribution in [2.24, 2.45) is 5.84 Å². The van der Waals surface area contributed by atoms with Gasteiger partial charge < -0.3 is 0 Å². The van der Waals surface area contributed by atoms with Crippen molar-refractivity contribution >= 4 is 11.6 Å². The molecule has 0 fully saturated rings. The van der Waals surface area contributed by atoms with E-state index in [-0.39, 0.29) is 11.9 Å². The molecule has 1 atom stereocenters. The monoisotopic (exact) mass is 265 g/mol. The Hall–Kier alpha value is -1.49. The third kappa shape index (κ3) is 3.26. The third-order valence-corrected chi connectivity index (χ3v) is 2.93. The van der Waals surface area contributed by atoms with Crippen LogP contribution in [0.2, 0.25) is 5.02 Å². The number of nitrogens with two attached hydrogens (primary N) is 1. The maximum Gasteiger partial charge on any atom is 0.141 e. The maximum absolute atomic E-state index is 13.1. The molecule has 1 aromatic heterocycles. The predicted molar refractivity (Wildman–Crippen MR) is 69.4 cm³/mol. The lowest BCUT2D eigenvalue weighted by atomic mass is 10.0. The van der Waals surface area contributed by atoms with Crippen molar-refractivity contribution in [2.75, 3.05) is 0 Å². The van der Waals surface area contributed by atoms with E-state index in [0.717, 1.165) is 5.56 Å². The number of hydrazine groups is 1. The maximum atomic E-state index is 13.1. The summed E-state index contributed by atoms with van der Waals surface area (Å²) in [6.07, 6.45) is 3.40. The Bertz CT molecular complexity index is 516. The van der Waals surface area contributed by atoms with Gasteiger partial charge in [-0.3, -0.25) is 16.3 Å². The van der Waals surface area contributed by atoms with Crippen LogP contribution in [0.4, 0.5) is 4.39 Å². The Morgan fingerprint density at radius 3 is 2.61 bits per heavy atom. The minimum absolute atomic E-state index is 0.186. The summed E-state index contributed by atoms with van der Waals surface area (Å²) in [7, 11) is 0. The molecule has 5 heteroatoms. The number of nitrogens with one attached hydrogen (secondary N) is 1. The molecule has 3 nitrogen and oxygen atoms in total. The molecule has 94 valence electrons. The van der Waals surface area contributed by atoms with E-state index < -0.39 is 0 Å². The lowest BCUT2D eigenvalue weighted by Gasteiger charge is -2.16. The van der Waals surface area contributed by atoms with Crippen LogP contribution in [0.3, 0.4) is 0 Å². The normalized spacial score (nSPS) is 12.4. The van der Waals surface area contributed by atoms with Crippen LogP contribution in [-0.2, 0) is 6.42 Å². The fourth-order valence-electron chi connectivity index (χ4n) is 1.75. The Kier molecular flexibility index (Phi) is 4.25. The zero-order valence-electron chi connectivity index (χ0n) is 9.61. The second kappa shape index (κ2) is 5.91. The number of rotatable bonds is 4. The molecule has 1 unspecified atom stereocenters. The molecule has 1 heterocycles. The number of hydrogen-bond acceptors (Lipinski definition) is 3. The summed E-state index contributed by atoms with van der Waals surface area (Å²) in [5.74, 6) is 5.13. The van der Waals surface area contributed by atoms with Crippen LogP contribution in [-0.4, -0.2) is 4.98 Å². The SMILES string of the molecule is NNC(Cc1ccc(Cl)cc1)c1cncc(F)c1. The van der Waals surface area contributed by atoms with E-state index in [9.17, 15) is 4.39 Å². The molecule has 0 radical (unpaired) electrons. The van der Waals surface area contributed by atoms with Crippen LogP contribution in [0.1, 0.15) is 17.2 Å². The fraction of sp³-hybridized carbons (Fsp3) is 0.154. The zero-order valence-corrected chi connectivity index (χ0v) is 10.4. The lowest BCUT2D eigenvalue weighted by molar-refractivity contribution is 0.541. The molecule has 1 aromatic carbocycles. The van der Waals surface area contributed by atoms with Crippen LogP contribution >= 0.6 is 11.6 Å². The molecular formula is C13H13ClFN3. The highest BCUT2D eigenvalue weighted by Gasteiger charge is 2.11. The molecule has 18 heavy (non-hydrogen) atoms. The van der Waals surface area contributed by atoms with Crippen molar-refractivity contribution < 1.29 is 4.39 Å². The van der Waals surface area contributed by atoms with Crippen molar-refractivity contribution in [3.8, 4) is 0 Å². The van der Waals surface area contributed by atoms with E-state index in [4.69, 9.17) is 17.4 Å². The average Bonchev–Trinajstić information content (AvgIpc) is 2.38. The highest BCUT2D eigenvalue weighted by atomic mass is 35.5. The molecule has 2 rings (SSSR count). The largest absolute Gasteiger partial charge is 0.271 e.